The van der Waals surface area contributed by atoms with Gasteiger partial charge in [0.1, 0.15) is 11.5 Å². The van der Waals surface area contributed by atoms with Crippen LogP contribution in [0.2, 0.25) is 5.02 Å². The molecule has 0 spiro atoms. The van der Waals surface area contributed by atoms with E-state index >= 15 is 0 Å². The molecular weight excluding hydrogens is 286 g/mol. The van der Waals surface area contributed by atoms with Gasteiger partial charge in [-0.3, -0.25) is 0 Å². The molecule has 0 unspecified atom stereocenters. The van der Waals surface area contributed by atoms with E-state index in [4.69, 9.17) is 21.5 Å². The average Bonchev–Trinajstić information content (AvgIpc) is 2.27. The number of primary sulfonamides is 1. The number of sulfonamides is 1. The first-order chi connectivity index (χ1) is 8.86. The van der Waals surface area contributed by atoms with Crippen LogP contribution in [0.15, 0.2) is 47.4 Å². The van der Waals surface area contributed by atoms with Crippen LogP contribution in [0.4, 0.5) is 0 Å². The standard InChI is InChI=1S/C13H12ClNO3S/c1-9-7-12(5-6-13(9)19(15,16)17)18-11-4-2-3-10(14)8-11/h2-8H,1H3,(H2,15,16,17). The minimum absolute atomic E-state index is 0.0888. The fraction of sp³-hybridized carbons (Fsp3) is 0.0769. The van der Waals surface area contributed by atoms with Crippen molar-refractivity contribution >= 4 is 21.6 Å². The van der Waals surface area contributed by atoms with Crippen LogP contribution in [0, 0.1) is 6.92 Å². The van der Waals surface area contributed by atoms with E-state index in [1.54, 1.807) is 43.3 Å². The van der Waals surface area contributed by atoms with Crippen LogP contribution in [0.5, 0.6) is 11.5 Å². The number of aryl methyl sites for hydroxylation is 1. The Labute approximate surface area is 116 Å². The Hall–Kier alpha value is -1.56. The van der Waals surface area contributed by atoms with Crippen LogP contribution in [-0.2, 0) is 10.0 Å². The molecule has 0 aliphatic heterocycles. The van der Waals surface area contributed by atoms with Crippen molar-refractivity contribution in [3.63, 3.8) is 0 Å². The summed E-state index contributed by atoms with van der Waals surface area (Å²) in [7, 11) is -3.71. The molecule has 2 aromatic carbocycles. The monoisotopic (exact) mass is 297 g/mol. The largest absolute Gasteiger partial charge is 0.457 e. The Bertz CT molecular complexity index is 714. The molecule has 0 aliphatic rings. The van der Waals surface area contributed by atoms with Crippen LogP contribution >= 0.6 is 11.6 Å². The van der Waals surface area contributed by atoms with E-state index in [1.165, 1.54) is 6.07 Å². The summed E-state index contributed by atoms with van der Waals surface area (Å²) in [5.74, 6) is 1.10. The summed E-state index contributed by atoms with van der Waals surface area (Å²) in [5.41, 5.74) is 0.530. The molecule has 0 atom stereocenters. The maximum absolute atomic E-state index is 11.3. The third kappa shape index (κ3) is 3.47. The molecule has 0 heterocycles. The zero-order chi connectivity index (χ0) is 14.0. The molecule has 0 saturated carbocycles. The zero-order valence-electron chi connectivity index (χ0n) is 10.1. The lowest BCUT2D eigenvalue weighted by atomic mass is 10.2. The molecule has 0 fully saturated rings. The quantitative estimate of drug-likeness (QED) is 0.946. The lowest BCUT2D eigenvalue weighted by Gasteiger charge is -2.09. The number of nitrogens with two attached hydrogens (primary N) is 1. The first kappa shape index (κ1) is 13.9. The van der Waals surface area contributed by atoms with Crippen molar-refractivity contribution in [3.8, 4) is 11.5 Å². The highest BCUT2D eigenvalue weighted by Crippen LogP contribution is 2.26. The van der Waals surface area contributed by atoms with E-state index in [-0.39, 0.29) is 4.90 Å². The lowest BCUT2D eigenvalue weighted by molar-refractivity contribution is 0.481. The molecule has 0 amide bonds. The molecule has 0 bridgehead atoms. The highest BCUT2D eigenvalue weighted by atomic mass is 35.5. The first-order valence-electron chi connectivity index (χ1n) is 5.43. The van der Waals surface area contributed by atoms with Crippen molar-refractivity contribution in [1.29, 1.82) is 0 Å². The number of halogens is 1. The smallest absolute Gasteiger partial charge is 0.238 e. The minimum Gasteiger partial charge on any atom is -0.457 e. The van der Waals surface area contributed by atoms with Crippen molar-refractivity contribution in [2.24, 2.45) is 5.14 Å². The second-order valence-electron chi connectivity index (χ2n) is 4.03. The van der Waals surface area contributed by atoms with E-state index in [0.29, 0.717) is 22.1 Å². The van der Waals surface area contributed by atoms with Crippen LogP contribution in [0.3, 0.4) is 0 Å². The topological polar surface area (TPSA) is 69.4 Å². The SMILES string of the molecule is Cc1cc(Oc2cccc(Cl)c2)ccc1S(N)(=O)=O. The van der Waals surface area contributed by atoms with Crippen LogP contribution < -0.4 is 9.88 Å². The predicted molar refractivity (Wildman–Crippen MR) is 74.1 cm³/mol. The molecule has 0 saturated heterocycles. The van der Waals surface area contributed by atoms with Gasteiger partial charge in [0.15, 0.2) is 0 Å². The van der Waals surface area contributed by atoms with Crippen LogP contribution in [0.25, 0.3) is 0 Å². The summed E-state index contributed by atoms with van der Waals surface area (Å²) in [6.07, 6.45) is 0. The van der Waals surface area contributed by atoms with Gasteiger partial charge < -0.3 is 4.74 Å². The molecule has 2 N–H and O–H groups in total. The predicted octanol–water partition coefficient (Wildman–Crippen LogP) is 3.09. The minimum atomic E-state index is -3.71. The Balaban J connectivity index is 2.31. The van der Waals surface area contributed by atoms with Gasteiger partial charge in [0.25, 0.3) is 0 Å². The molecule has 0 aromatic heterocycles. The van der Waals surface area contributed by atoms with Gasteiger partial charge in [-0.05, 0) is 48.9 Å². The van der Waals surface area contributed by atoms with Gasteiger partial charge in [0.05, 0.1) is 4.90 Å². The fourth-order valence-electron chi connectivity index (χ4n) is 1.67. The maximum Gasteiger partial charge on any atom is 0.238 e. The fourth-order valence-corrected chi connectivity index (χ4v) is 2.62. The number of benzene rings is 2. The summed E-state index contributed by atoms with van der Waals surface area (Å²) in [6, 6.07) is 11.5. The lowest BCUT2D eigenvalue weighted by Crippen LogP contribution is -2.13. The molecule has 100 valence electrons. The van der Waals surface area contributed by atoms with Gasteiger partial charge in [0, 0.05) is 5.02 Å². The normalized spacial score (nSPS) is 11.3. The summed E-state index contributed by atoms with van der Waals surface area (Å²) < 4.78 is 28.2. The number of ether oxygens (including phenoxy) is 1. The maximum atomic E-state index is 11.3. The van der Waals surface area contributed by atoms with E-state index in [9.17, 15) is 8.42 Å². The molecule has 0 radical (unpaired) electrons. The van der Waals surface area contributed by atoms with Gasteiger partial charge in [-0.15, -0.1) is 0 Å². The van der Waals surface area contributed by atoms with Crippen molar-refractivity contribution in [3.05, 3.63) is 53.1 Å². The summed E-state index contributed by atoms with van der Waals surface area (Å²) >= 11 is 5.85. The summed E-state index contributed by atoms with van der Waals surface area (Å²) in [5, 5.41) is 5.66. The Kier molecular flexibility index (Phi) is 3.80. The second-order valence-corrected chi connectivity index (χ2v) is 6.00. The second kappa shape index (κ2) is 5.21. The highest BCUT2D eigenvalue weighted by Gasteiger charge is 2.12. The van der Waals surface area contributed by atoms with E-state index in [0.717, 1.165) is 0 Å². The average molecular weight is 298 g/mol. The van der Waals surface area contributed by atoms with Crippen molar-refractivity contribution < 1.29 is 13.2 Å². The first-order valence-corrected chi connectivity index (χ1v) is 7.35. The third-order valence-corrected chi connectivity index (χ3v) is 3.79. The highest BCUT2D eigenvalue weighted by molar-refractivity contribution is 7.89. The zero-order valence-corrected chi connectivity index (χ0v) is 11.7. The Morgan fingerprint density at radius 3 is 2.37 bits per heavy atom. The molecule has 19 heavy (non-hydrogen) atoms. The van der Waals surface area contributed by atoms with Gasteiger partial charge in [-0.2, -0.15) is 0 Å². The third-order valence-electron chi connectivity index (χ3n) is 2.48. The summed E-state index contributed by atoms with van der Waals surface area (Å²) in [6.45, 7) is 1.66. The van der Waals surface area contributed by atoms with E-state index in [2.05, 4.69) is 0 Å². The van der Waals surface area contributed by atoms with Crippen molar-refractivity contribution in [1.82, 2.24) is 0 Å². The molecular formula is C13H12ClNO3S. The van der Waals surface area contributed by atoms with Gasteiger partial charge in [-0.1, -0.05) is 17.7 Å². The number of hydrogen-bond acceptors (Lipinski definition) is 3. The Morgan fingerprint density at radius 2 is 1.79 bits per heavy atom. The van der Waals surface area contributed by atoms with Gasteiger partial charge in [-0.25, -0.2) is 13.6 Å². The number of rotatable bonds is 3. The van der Waals surface area contributed by atoms with E-state index < -0.39 is 10.0 Å². The molecule has 0 aliphatic carbocycles. The van der Waals surface area contributed by atoms with Gasteiger partial charge in [0.2, 0.25) is 10.0 Å². The molecule has 2 aromatic rings. The summed E-state index contributed by atoms with van der Waals surface area (Å²) in [4.78, 5) is 0.0888. The molecule has 4 nitrogen and oxygen atoms in total. The molecule has 6 heteroatoms. The van der Waals surface area contributed by atoms with Crippen LogP contribution in [-0.4, -0.2) is 8.42 Å². The molecule has 2 rings (SSSR count). The van der Waals surface area contributed by atoms with Crippen molar-refractivity contribution in [2.45, 2.75) is 11.8 Å². The van der Waals surface area contributed by atoms with Crippen LogP contribution in [0.1, 0.15) is 5.56 Å². The van der Waals surface area contributed by atoms with Gasteiger partial charge >= 0.3 is 0 Å². The van der Waals surface area contributed by atoms with Crippen molar-refractivity contribution in [2.75, 3.05) is 0 Å². The Morgan fingerprint density at radius 1 is 1.11 bits per heavy atom. The van der Waals surface area contributed by atoms with E-state index in [1.807, 2.05) is 0 Å². The number of hydrogen-bond donors (Lipinski definition) is 1.